The summed E-state index contributed by atoms with van der Waals surface area (Å²) in [6, 6.07) is 1.54. The van der Waals surface area contributed by atoms with E-state index < -0.39 is 0 Å². The molecule has 0 spiro atoms. The topological polar surface area (TPSA) is 81.3 Å². The standard InChI is InChI=1S/C8H13N3O2/c1-2-7-10-6(9)5-8(11-7)13-4-3-12/h5,12H,2-4H2,1H3,(H2,9,10,11). The highest BCUT2D eigenvalue weighted by molar-refractivity contribution is 5.32. The number of anilines is 1. The van der Waals surface area contributed by atoms with Crippen LogP contribution in [0.1, 0.15) is 12.7 Å². The predicted octanol–water partition coefficient (Wildman–Crippen LogP) is -0.00770. The van der Waals surface area contributed by atoms with E-state index >= 15 is 0 Å². The third-order valence-electron chi connectivity index (χ3n) is 1.43. The van der Waals surface area contributed by atoms with Gasteiger partial charge in [-0.15, -0.1) is 0 Å². The second kappa shape index (κ2) is 4.61. The van der Waals surface area contributed by atoms with Crippen molar-refractivity contribution in [2.75, 3.05) is 18.9 Å². The van der Waals surface area contributed by atoms with Crippen LogP contribution in [0, 0.1) is 0 Å². The summed E-state index contributed by atoms with van der Waals surface area (Å²) in [5.41, 5.74) is 5.51. The number of nitrogen functional groups attached to an aromatic ring is 1. The molecular formula is C8H13N3O2. The number of ether oxygens (including phenoxy) is 1. The summed E-state index contributed by atoms with van der Waals surface area (Å²) in [5.74, 6) is 1.45. The maximum Gasteiger partial charge on any atom is 0.218 e. The van der Waals surface area contributed by atoms with Gasteiger partial charge in [0.2, 0.25) is 5.88 Å². The molecule has 72 valence electrons. The van der Waals surface area contributed by atoms with Crippen molar-refractivity contribution in [3.05, 3.63) is 11.9 Å². The number of rotatable bonds is 4. The Balaban J connectivity index is 2.76. The second-order valence-electron chi connectivity index (χ2n) is 2.47. The first-order valence-electron chi connectivity index (χ1n) is 4.13. The quantitative estimate of drug-likeness (QED) is 0.686. The third kappa shape index (κ3) is 2.87. The predicted molar refractivity (Wildman–Crippen MR) is 48.4 cm³/mol. The van der Waals surface area contributed by atoms with Crippen LogP contribution in [0.3, 0.4) is 0 Å². The Morgan fingerprint density at radius 2 is 2.31 bits per heavy atom. The molecule has 1 rings (SSSR count). The summed E-state index contributed by atoms with van der Waals surface area (Å²) in [6.45, 7) is 2.12. The first kappa shape index (κ1) is 9.73. The van der Waals surface area contributed by atoms with Gasteiger partial charge in [0.15, 0.2) is 0 Å². The van der Waals surface area contributed by atoms with Crippen molar-refractivity contribution in [2.45, 2.75) is 13.3 Å². The van der Waals surface area contributed by atoms with Crippen molar-refractivity contribution >= 4 is 5.82 Å². The van der Waals surface area contributed by atoms with Crippen LogP contribution in [0.25, 0.3) is 0 Å². The first-order chi connectivity index (χ1) is 6.26. The minimum atomic E-state index is -0.0363. The van der Waals surface area contributed by atoms with Crippen molar-refractivity contribution in [3.8, 4) is 5.88 Å². The number of hydrogen-bond donors (Lipinski definition) is 2. The van der Waals surface area contributed by atoms with Gasteiger partial charge in [0, 0.05) is 12.5 Å². The number of aromatic nitrogens is 2. The van der Waals surface area contributed by atoms with Gasteiger partial charge in [-0.3, -0.25) is 0 Å². The second-order valence-corrected chi connectivity index (χ2v) is 2.47. The van der Waals surface area contributed by atoms with Crippen molar-refractivity contribution < 1.29 is 9.84 Å². The average Bonchev–Trinajstić information content (AvgIpc) is 2.14. The molecule has 1 aromatic heterocycles. The maximum atomic E-state index is 8.52. The fourth-order valence-corrected chi connectivity index (χ4v) is 0.875. The molecule has 0 radical (unpaired) electrons. The van der Waals surface area contributed by atoms with E-state index in [-0.39, 0.29) is 13.2 Å². The Hall–Kier alpha value is -1.36. The molecule has 0 bridgehead atoms. The molecule has 0 aliphatic carbocycles. The van der Waals surface area contributed by atoms with Gasteiger partial charge in [0.05, 0.1) is 6.61 Å². The number of aliphatic hydroxyl groups is 1. The third-order valence-corrected chi connectivity index (χ3v) is 1.43. The summed E-state index contributed by atoms with van der Waals surface area (Å²) in [7, 11) is 0. The van der Waals surface area contributed by atoms with Gasteiger partial charge in [-0.05, 0) is 0 Å². The molecule has 3 N–H and O–H groups in total. The summed E-state index contributed by atoms with van der Waals surface area (Å²) in [5, 5.41) is 8.52. The lowest BCUT2D eigenvalue weighted by Gasteiger charge is -2.04. The van der Waals surface area contributed by atoms with E-state index in [9.17, 15) is 0 Å². The highest BCUT2D eigenvalue weighted by atomic mass is 16.5. The highest BCUT2D eigenvalue weighted by Crippen LogP contribution is 2.10. The zero-order valence-corrected chi connectivity index (χ0v) is 7.53. The zero-order chi connectivity index (χ0) is 9.68. The first-order valence-corrected chi connectivity index (χ1v) is 4.13. The molecule has 0 amide bonds. The van der Waals surface area contributed by atoms with Crippen LogP contribution in [-0.4, -0.2) is 28.3 Å². The molecule has 0 aliphatic rings. The summed E-state index contributed by atoms with van der Waals surface area (Å²) >= 11 is 0. The Kier molecular flexibility index (Phi) is 3.45. The van der Waals surface area contributed by atoms with E-state index in [4.69, 9.17) is 15.6 Å². The van der Waals surface area contributed by atoms with Crippen LogP contribution in [0.15, 0.2) is 6.07 Å². The van der Waals surface area contributed by atoms with Crippen molar-refractivity contribution in [3.63, 3.8) is 0 Å². The summed E-state index contributed by atoms with van der Waals surface area (Å²) in [4.78, 5) is 8.05. The largest absolute Gasteiger partial charge is 0.475 e. The van der Waals surface area contributed by atoms with Crippen LogP contribution in [-0.2, 0) is 6.42 Å². The molecule has 0 fully saturated rings. The van der Waals surface area contributed by atoms with Crippen LogP contribution < -0.4 is 10.5 Å². The molecule has 0 unspecified atom stereocenters. The van der Waals surface area contributed by atoms with Crippen LogP contribution in [0.4, 0.5) is 5.82 Å². The number of hydrogen-bond acceptors (Lipinski definition) is 5. The lowest BCUT2D eigenvalue weighted by molar-refractivity contribution is 0.196. The Morgan fingerprint density at radius 1 is 1.54 bits per heavy atom. The van der Waals surface area contributed by atoms with Gasteiger partial charge in [0.25, 0.3) is 0 Å². The van der Waals surface area contributed by atoms with Gasteiger partial charge >= 0.3 is 0 Å². The van der Waals surface area contributed by atoms with E-state index in [0.29, 0.717) is 23.9 Å². The summed E-state index contributed by atoms with van der Waals surface area (Å²) in [6.07, 6.45) is 0.709. The van der Waals surface area contributed by atoms with Gasteiger partial charge < -0.3 is 15.6 Å². The van der Waals surface area contributed by atoms with Gasteiger partial charge in [0.1, 0.15) is 18.2 Å². The maximum absolute atomic E-state index is 8.52. The molecular weight excluding hydrogens is 170 g/mol. The SMILES string of the molecule is CCc1nc(N)cc(OCCO)n1. The molecule has 1 aromatic rings. The van der Waals surface area contributed by atoms with E-state index in [1.54, 1.807) is 0 Å². The Labute approximate surface area is 76.6 Å². The Morgan fingerprint density at radius 3 is 2.92 bits per heavy atom. The number of aryl methyl sites for hydroxylation is 1. The minimum absolute atomic E-state index is 0.0363. The molecule has 0 saturated heterocycles. The number of nitrogens with two attached hydrogens (primary N) is 1. The zero-order valence-electron chi connectivity index (χ0n) is 7.53. The molecule has 0 aromatic carbocycles. The smallest absolute Gasteiger partial charge is 0.218 e. The van der Waals surface area contributed by atoms with Crippen molar-refractivity contribution in [2.24, 2.45) is 0 Å². The lowest BCUT2D eigenvalue weighted by Crippen LogP contribution is -2.06. The fraction of sp³-hybridized carbons (Fsp3) is 0.500. The van der Waals surface area contributed by atoms with Crippen molar-refractivity contribution in [1.29, 1.82) is 0 Å². The molecule has 1 heterocycles. The van der Waals surface area contributed by atoms with Gasteiger partial charge in [-0.25, -0.2) is 4.98 Å². The molecule has 5 nitrogen and oxygen atoms in total. The van der Waals surface area contributed by atoms with Crippen LogP contribution >= 0.6 is 0 Å². The lowest BCUT2D eigenvalue weighted by atomic mass is 10.4. The highest BCUT2D eigenvalue weighted by Gasteiger charge is 2.01. The van der Waals surface area contributed by atoms with Gasteiger partial charge in [-0.2, -0.15) is 4.98 Å². The monoisotopic (exact) mass is 183 g/mol. The Bertz CT molecular complexity index is 278. The average molecular weight is 183 g/mol. The number of nitrogens with zero attached hydrogens (tertiary/aromatic N) is 2. The summed E-state index contributed by atoms with van der Waals surface area (Å²) < 4.78 is 5.10. The fourth-order valence-electron chi connectivity index (χ4n) is 0.875. The molecule has 5 heteroatoms. The molecule has 0 aliphatic heterocycles. The normalized spacial score (nSPS) is 10.0. The van der Waals surface area contributed by atoms with Gasteiger partial charge in [-0.1, -0.05) is 6.92 Å². The van der Waals surface area contributed by atoms with E-state index in [2.05, 4.69) is 9.97 Å². The minimum Gasteiger partial charge on any atom is -0.475 e. The van der Waals surface area contributed by atoms with Crippen LogP contribution in [0.2, 0.25) is 0 Å². The molecule has 0 saturated carbocycles. The molecule has 0 atom stereocenters. The van der Waals surface area contributed by atoms with Crippen LogP contribution in [0.5, 0.6) is 5.88 Å². The number of aliphatic hydroxyl groups excluding tert-OH is 1. The molecule has 13 heavy (non-hydrogen) atoms. The van der Waals surface area contributed by atoms with Crippen molar-refractivity contribution in [1.82, 2.24) is 9.97 Å². The van der Waals surface area contributed by atoms with E-state index in [0.717, 1.165) is 0 Å². The van der Waals surface area contributed by atoms with E-state index in [1.165, 1.54) is 6.07 Å². The van der Waals surface area contributed by atoms with E-state index in [1.807, 2.05) is 6.92 Å².